The van der Waals surface area contributed by atoms with Crippen molar-refractivity contribution >= 4 is 23.2 Å². The minimum atomic E-state index is -0.579. The average Bonchev–Trinajstić information content (AvgIpc) is 3.06. The number of ether oxygens (including phenoxy) is 1. The molecule has 8 heteroatoms. The molecule has 1 atom stereocenters. The minimum Gasteiger partial charge on any atom is -0.375 e. The van der Waals surface area contributed by atoms with E-state index in [9.17, 15) is 9.18 Å². The summed E-state index contributed by atoms with van der Waals surface area (Å²) in [7, 11) is 3.55. The second kappa shape index (κ2) is 8.34. The number of halogens is 2. The number of aryl methyl sites for hydroxylation is 1. The van der Waals surface area contributed by atoms with E-state index in [-0.39, 0.29) is 11.7 Å². The molecule has 1 fully saturated rings. The largest absolute Gasteiger partial charge is 0.375 e. The SMILES string of the molecule is CNC(=O)c1cc(C)c(-c2nc3cc(Cl)ccn3c2C[C@H]2CN(C)CCO2)cc1F. The third kappa shape index (κ3) is 3.93. The molecule has 158 valence electrons. The molecule has 0 aliphatic carbocycles. The number of hydrogen-bond donors (Lipinski definition) is 1. The normalized spacial score (nSPS) is 17.4. The van der Waals surface area contributed by atoms with Crippen LogP contribution >= 0.6 is 11.6 Å². The molecular formula is C22H24ClFN4O2. The number of benzene rings is 1. The third-order valence-electron chi connectivity index (χ3n) is 5.49. The molecule has 3 aromatic rings. The number of carbonyl (C=O) groups excluding carboxylic acids is 1. The Balaban J connectivity index is 1.84. The number of fused-ring (bicyclic) bond motifs is 1. The van der Waals surface area contributed by atoms with Crippen LogP contribution in [0.5, 0.6) is 0 Å². The van der Waals surface area contributed by atoms with Crippen LogP contribution in [0.15, 0.2) is 30.5 Å². The molecule has 1 saturated heterocycles. The Hall–Kier alpha value is -2.48. The lowest BCUT2D eigenvalue weighted by Gasteiger charge is -2.30. The van der Waals surface area contributed by atoms with E-state index in [1.54, 1.807) is 18.2 Å². The van der Waals surface area contributed by atoms with E-state index >= 15 is 0 Å². The average molecular weight is 431 g/mol. The molecule has 0 saturated carbocycles. The third-order valence-corrected chi connectivity index (χ3v) is 5.73. The van der Waals surface area contributed by atoms with Gasteiger partial charge in [-0.25, -0.2) is 9.37 Å². The van der Waals surface area contributed by atoms with E-state index < -0.39 is 11.7 Å². The summed E-state index contributed by atoms with van der Waals surface area (Å²) in [5.41, 5.74) is 3.73. The molecule has 30 heavy (non-hydrogen) atoms. The fraction of sp³-hybridized carbons (Fsp3) is 0.364. The smallest absolute Gasteiger partial charge is 0.254 e. The van der Waals surface area contributed by atoms with E-state index in [4.69, 9.17) is 21.3 Å². The van der Waals surface area contributed by atoms with Crippen LogP contribution in [-0.4, -0.2) is 60.1 Å². The molecule has 1 aliphatic heterocycles. The van der Waals surface area contributed by atoms with Crippen molar-refractivity contribution < 1.29 is 13.9 Å². The first-order valence-electron chi connectivity index (χ1n) is 9.86. The topological polar surface area (TPSA) is 58.9 Å². The van der Waals surface area contributed by atoms with Gasteiger partial charge in [0.05, 0.1) is 29.7 Å². The Kier molecular flexibility index (Phi) is 5.77. The monoisotopic (exact) mass is 430 g/mol. The Morgan fingerprint density at radius 2 is 2.20 bits per heavy atom. The fourth-order valence-electron chi connectivity index (χ4n) is 3.93. The van der Waals surface area contributed by atoms with Crippen LogP contribution in [0.2, 0.25) is 5.02 Å². The van der Waals surface area contributed by atoms with Crippen LogP contribution in [0.3, 0.4) is 0 Å². The van der Waals surface area contributed by atoms with Crippen molar-refractivity contribution in [3.05, 3.63) is 58.1 Å². The Bertz CT molecular complexity index is 1110. The highest BCUT2D eigenvalue weighted by Gasteiger charge is 2.25. The second-order valence-electron chi connectivity index (χ2n) is 7.67. The number of hydrogen-bond acceptors (Lipinski definition) is 4. The molecule has 0 spiro atoms. The van der Waals surface area contributed by atoms with Crippen molar-refractivity contribution in [1.29, 1.82) is 0 Å². The van der Waals surface area contributed by atoms with Gasteiger partial charge in [-0.3, -0.25) is 4.79 Å². The Morgan fingerprint density at radius 1 is 1.40 bits per heavy atom. The van der Waals surface area contributed by atoms with Gasteiger partial charge in [-0.15, -0.1) is 0 Å². The summed E-state index contributed by atoms with van der Waals surface area (Å²) < 4.78 is 22.7. The van der Waals surface area contributed by atoms with E-state index in [0.717, 1.165) is 24.3 Å². The number of amides is 1. The molecule has 2 aromatic heterocycles. The molecule has 3 heterocycles. The van der Waals surface area contributed by atoms with E-state index in [2.05, 4.69) is 17.3 Å². The summed E-state index contributed by atoms with van der Waals surface area (Å²) in [6.07, 6.45) is 2.51. The summed E-state index contributed by atoms with van der Waals surface area (Å²) in [5, 5.41) is 3.05. The van der Waals surface area contributed by atoms with Gasteiger partial charge in [0.15, 0.2) is 0 Å². The van der Waals surface area contributed by atoms with Crippen LogP contribution < -0.4 is 5.32 Å². The zero-order chi connectivity index (χ0) is 21.4. The van der Waals surface area contributed by atoms with Gasteiger partial charge in [-0.1, -0.05) is 11.6 Å². The lowest BCUT2D eigenvalue weighted by molar-refractivity contribution is -0.0190. The first-order valence-corrected chi connectivity index (χ1v) is 10.2. The maximum Gasteiger partial charge on any atom is 0.254 e. The molecular weight excluding hydrogens is 407 g/mol. The van der Waals surface area contributed by atoms with Crippen LogP contribution in [0.1, 0.15) is 21.6 Å². The van der Waals surface area contributed by atoms with E-state index in [1.165, 1.54) is 13.1 Å². The summed E-state index contributed by atoms with van der Waals surface area (Å²) in [5.74, 6) is -1.03. The van der Waals surface area contributed by atoms with Crippen molar-refractivity contribution in [3.8, 4) is 11.3 Å². The predicted molar refractivity (Wildman–Crippen MR) is 115 cm³/mol. The summed E-state index contributed by atoms with van der Waals surface area (Å²) in [6, 6.07) is 6.54. The van der Waals surface area contributed by atoms with Crippen molar-refractivity contribution in [2.75, 3.05) is 33.8 Å². The molecule has 1 aliphatic rings. The molecule has 4 rings (SSSR count). The number of rotatable bonds is 4. The second-order valence-corrected chi connectivity index (χ2v) is 8.10. The molecule has 1 amide bonds. The molecule has 6 nitrogen and oxygen atoms in total. The van der Waals surface area contributed by atoms with Gasteiger partial charge in [0, 0.05) is 49.4 Å². The number of likely N-dealkylation sites (N-methyl/N-ethyl adjacent to an activating group) is 1. The van der Waals surface area contributed by atoms with Gasteiger partial charge in [0.25, 0.3) is 5.91 Å². The fourth-order valence-corrected chi connectivity index (χ4v) is 4.09. The highest BCUT2D eigenvalue weighted by Crippen LogP contribution is 2.31. The zero-order valence-corrected chi connectivity index (χ0v) is 18.0. The first-order chi connectivity index (χ1) is 14.4. The highest BCUT2D eigenvalue weighted by molar-refractivity contribution is 6.30. The molecule has 0 radical (unpaired) electrons. The van der Waals surface area contributed by atoms with Crippen LogP contribution in [-0.2, 0) is 11.2 Å². The number of nitrogens with zero attached hydrogens (tertiary/aromatic N) is 3. The lowest BCUT2D eigenvalue weighted by atomic mass is 9.98. The van der Waals surface area contributed by atoms with Crippen LogP contribution in [0, 0.1) is 12.7 Å². The van der Waals surface area contributed by atoms with Gasteiger partial charge in [-0.2, -0.15) is 0 Å². The summed E-state index contributed by atoms with van der Waals surface area (Å²) in [6.45, 7) is 4.24. The Labute approximate surface area is 179 Å². The molecule has 0 unspecified atom stereocenters. The number of carbonyl (C=O) groups is 1. The zero-order valence-electron chi connectivity index (χ0n) is 17.2. The van der Waals surface area contributed by atoms with E-state index in [1.807, 2.05) is 17.5 Å². The van der Waals surface area contributed by atoms with Crippen molar-refractivity contribution in [2.24, 2.45) is 0 Å². The van der Waals surface area contributed by atoms with E-state index in [0.29, 0.717) is 35.0 Å². The van der Waals surface area contributed by atoms with Gasteiger partial charge < -0.3 is 19.4 Å². The minimum absolute atomic E-state index is 0.00775. The summed E-state index contributed by atoms with van der Waals surface area (Å²) >= 11 is 6.18. The maximum atomic E-state index is 14.8. The number of imidazole rings is 1. The molecule has 0 bridgehead atoms. The Morgan fingerprint density at radius 3 is 2.93 bits per heavy atom. The maximum absolute atomic E-state index is 14.8. The van der Waals surface area contributed by atoms with Crippen molar-refractivity contribution in [2.45, 2.75) is 19.4 Å². The van der Waals surface area contributed by atoms with Gasteiger partial charge in [0.1, 0.15) is 11.5 Å². The first kappa shape index (κ1) is 20.8. The van der Waals surface area contributed by atoms with Gasteiger partial charge in [0.2, 0.25) is 0 Å². The molecule has 1 N–H and O–H groups in total. The van der Waals surface area contributed by atoms with Gasteiger partial charge >= 0.3 is 0 Å². The van der Waals surface area contributed by atoms with Gasteiger partial charge in [-0.05, 0) is 37.7 Å². The van der Waals surface area contributed by atoms with Crippen molar-refractivity contribution in [1.82, 2.24) is 19.6 Å². The standard InChI is InChI=1S/C22H24ClFN4O2/c1-13-8-17(22(29)25-2)18(24)11-16(13)21-19(10-15-12-27(3)6-7-30-15)28-5-4-14(23)9-20(28)26-21/h4-5,8-9,11,15H,6-7,10,12H2,1-3H3,(H,25,29)/t15-/m0/s1. The van der Waals surface area contributed by atoms with Crippen molar-refractivity contribution in [3.63, 3.8) is 0 Å². The lowest BCUT2D eigenvalue weighted by Crippen LogP contribution is -2.41. The van der Waals surface area contributed by atoms with Crippen LogP contribution in [0.4, 0.5) is 4.39 Å². The van der Waals surface area contributed by atoms with Crippen LogP contribution in [0.25, 0.3) is 16.9 Å². The number of pyridine rings is 1. The quantitative estimate of drug-likeness (QED) is 0.689. The number of nitrogens with one attached hydrogen (secondary N) is 1. The summed E-state index contributed by atoms with van der Waals surface area (Å²) in [4.78, 5) is 19.0. The number of aromatic nitrogens is 2. The highest BCUT2D eigenvalue weighted by atomic mass is 35.5. The predicted octanol–water partition coefficient (Wildman–Crippen LogP) is 3.33. The molecule has 1 aromatic carbocycles. The number of morpholine rings is 1.